The summed E-state index contributed by atoms with van der Waals surface area (Å²) in [6.45, 7) is 5.86. The third-order valence-electron chi connectivity index (χ3n) is 5.70. The van der Waals surface area contributed by atoms with Crippen molar-refractivity contribution in [2.75, 3.05) is 17.1 Å². The molecule has 0 saturated carbocycles. The second-order valence-electron chi connectivity index (χ2n) is 8.54. The van der Waals surface area contributed by atoms with Gasteiger partial charge in [-0.25, -0.2) is 8.42 Å². The molecule has 0 bridgehead atoms. The molecule has 0 heterocycles. The molecule has 35 heavy (non-hydrogen) atoms. The molecule has 0 fully saturated rings. The zero-order valence-electron chi connectivity index (χ0n) is 20.5. The monoisotopic (exact) mass is 541 g/mol. The smallest absolute Gasteiger partial charge is 0.242 e. The molecule has 0 aliphatic rings. The summed E-state index contributed by atoms with van der Waals surface area (Å²) in [6.07, 6.45) is 2.26. The Labute approximate surface area is 218 Å². The number of anilines is 1. The standard InChI is InChI=1S/C25H33Cl2N3O4S/c1-5-18(2)28-25(32)19(3)29(17-20-13-14-22(26)23(27)16-20)24(31)12-9-15-30(35(4,33)34)21-10-7-6-8-11-21/h6-8,10-11,13-14,16,18-19H,5,9,12,15,17H2,1-4H3,(H,28,32)/t18-,19+/m0/s1. The van der Waals surface area contributed by atoms with Gasteiger partial charge >= 0.3 is 0 Å². The van der Waals surface area contributed by atoms with E-state index < -0.39 is 16.1 Å². The summed E-state index contributed by atoms with van der Waals surface area (Å²) in [5.41, 5.74) is 1.27. The van der Waals surface area contributed by atoms with Crippen molar-refractivity contribution in [2.24, 2.45) is 0 Å². The second-order valence-corrected chi connectivity index (χ2v) is 11.3. The molecule has 2 atom stereocenters. The van der Waals surface area contributed by atoms with Gasteiger partial charge in [0.2, 0.25) is 21.8 Å². The largest absolute Gasteiger partial charge is 0.352 e. The van der Waals surface area contributed by atoms with E-state index in [0.29, 0.717) is 22.2 Å². The van der Waals surface area contributed by atoms with Crippen molar-refractivity contribution in [1.82, 2.24) is 10.2 Å². The number of para-hydroxylation sites is 1. The minimum Gasteiger partial charge on any atom is -0.352 e. The van der Waals surface area contributed by atoms with E-state index in [4.69, 9.17) is 23.2 Å². The van der Waals surface area contributed by atoms with E-state index in [1.165, 1.54) is 9.21 Å². The highest BCUT2D eigenvalue weighted by Gasteiger charge is 2.27. The molecule has 0 aliphatic carbocycles. The first-order valence-corrected chi connectivity index (χ1v) is 14.1. The zero-order chi connectivity index (χ0) is 26.2. The highest BCUT2D eigenvalue weighted by molar-refractivity contribution is 7.92. The predicted octanol–water partition coefficient (Wildman–Crippen LogP) is 4.87. The lowest BCUT2D eigenvalue weighted by atomic mass is 10.1. The Balaban J connectivity index is 2.18. The fourth-order valence-corrected chi connectivity index (χ4v) is 4.77. The Bertz CT molecular complexity index is 1110. The third kappa shape index (κ3) is 8.70. The predicted molar refractivity (Wildman–Crippen MR) is 142 cm³/mol. The van der Waals surface area contributed by atoms with Crippen molar-refractivity contribution in [3.05, 3.63) is 64.1 Å². The average Bonchev–Trinajstić information content (AvgIpc) is 2.81. The Kier molecular flexibility index (Phi) is 10.9. The van der Waals surface area contributed by atoms with Gasteiger partial charge < -0.3 is 10.2 Å². The van der Waals surface area contributed by atoms with Gasteiger partial charge in [0.15, 0.2) is 0 Å². The van der Waals surface area contributed by atoms with E-state index in [9.17, 15) is 18.0 Å². The highest BCUT2D eigenvalue weighted by Crippen LogP contribution is 2.24. The van der Waals surface area contributed by atoms with Crippen molar-refractivity contribution in [3.63, 3.8) is 0 Å². The van der Waals surface area contributed by atoms with Crippen LogP contribution in [-0.4, -0.2) is 50.0 Å². The van der Waals surface area contributed by atoms with Gasteiger partial charge in [0.05, 0.1) is 22.0 Å². The van der Waals surface area contributed by atoms with Crippen molar-refractivity contribution in [3.8, 4) is 0 Å². The SMILES string of the molecule is CC[C@H](C)NC(=O)[C@@H](C)N(Cc1ccc(Cl)c(Cl)c1)C(=O)CCCN(c1ccccc1)S(C)(=O)=O. The summed E-state index contributed by atoms with van der Waals surface area (Å²) in [4.78, 5) is 27.6. The topological polar surface area (TPSA) is 86.8 Å². The van der Waals surface area contributed by atoms with Gasteiger partial charge in [0, 0.05) is 25.6 Å². The first-order valence-electron chi connectivity index (χ1n) is 11.5. The van der Waals surface area contributed by atoms with E-state index in [1.807, 2.05) is 13.8 Å². The maximum Gasteiger partial charge on any atom is 0.242 e. The number of rotatable bonds is 12. The van der Waals surface area contributed by atoms with Crippen LogP contribution in [0.15, 0.2) is 48.5 Å². The van der Waals surface area contributed by atoms with Gasteiger partial charge in [-0.2, -0.15) is 0 Å². The van der Waals surface area contributed by atoms with Gasteiger partial charge in [0.25, 0.3) is 0 Å². The van der Waals surface area contributed by atoms with Crippen LogP contribution in [0.1, 0.15) is 45.6 Å². The number of nitrogens with zero attached hydrogens (tertiary/aromatic N) is 2. The fraction of sp³-hybridized carbons (Fsp3) is 0.440. The lowest BCUT2D eigenvalue weighted by molar-refractivity contribution is -0.140. The van der Waals surface area contributed by atoms with Crippen LogP contribution in [0.5, 0.6) is 0 Å². The zero-order valence-corrected chi connectivity index (χ0v) is 22.8. The third-order valence-corrected chi connectivity index (χ3v) is 7.63. The van der Waals surface area contributed by atoms with Crippen molar-refractivity contribution in [2.45, 2.75) is 58.7 Å². The molecule has 10 heteroatoms. The van der Waals surface area contributed by atoms with E-state index in [-0.39, 0.29) is 37.4 Å². The first kappa shape index (κ1) is 28.9. The number of sulfonamides is 1. The minimum atomic E-state index is -3.52. The summed E-state index contributed by atoms with van der Waals surface area (Å²) < 4.78 is 25.9. The lowest BCUT2D eigenvalue weighted by Gasteiger charge is -2.30. The van der Waals surface area contributed by atoms with Crippen molar-refractivity contribution >= 4 is 50.7 Å². The first-order chi connectivity index (χ1) is 16.4. The summed E-state index contributed by atoms with van der Waals surface area (Å²) in [5.74, 6) is -0.515. The normalized spacial score (nSPS) is 13.1. The van der Waals surface area contributed by atoms with Crippen LogP contribution in [0.4, 0.5) is 5.69 Å². The number of amides is 2. The maximum absolute atomic E-state index is 13.3. The molecule has 2 amide bonds. The number of benzene rings is 2. The summed E-state index contributed by atoms with van der Waals surface area (Å²) in [5, 5.41) is 3.68. The van der Waals surface area contributed by atoms with Crippen molar-refractivity contribution in [1.29, 1.82) is 0 Å². The second kappa shape index (κ2) is 13.1. The summed E-state index contributed by atoms with van der Waals surface area (Å²) in [7, 11) is -3.52. The number of halogens is 2. The number of hydrogen-bond acceptors (Lipinski definition) is 4. The molecule has 1 N–H and O–H groups in total. The summed E-state index contributed by atoms with van der Waals surface area (Å²) >= 11 is 12.2. The van der Waals surface area contributed by atoms with Crippen LogP contribution in [0.25, 0.3) is 0 Å². The van der Waals surface area contributed by atoms with Crippen molar-refractivity contribution < 1.29 is 18.0 Å². The van der Waals surface area contributed by atoms with Crippen LogP contribution in [0, 0.1) is 0 Å². The van der Waals surface area contributed by atoms with Gasteiger partial charge in [-0.05, 0) is 56.5 Å². The molecule has 0 radical (unpaired) electrons. The van der Waals surface area contributed by atoms with Crippen LogP contribution >= 0.6 is 23.2 Å². The molecule has 7 nitrogen and oxygen atoms in total. The Morgan fingerprint density at radius 2 is 1.69 bits per heavy atom. The molecular formula is C25H33Cl2N3O4S. The van der Waals surface area contributed by atoms with Crippen LogP contribution in [0.2, 0.25) is 10.0 Å². The van der Waals surface area contributed by atoms with Gasteiger partial charge in [-0.3, -0.25) is 13.9 Å². The summed E-state index contributed by atoms with van der Waals surface area (Å²) in [6, 6.07) is 13.1. The average molecular weight is 543 g/mol. The molecule has 2 aromatic carbocycles. The highest BCUT2D eigenvalue weighted by atomic mass is 35.5. The Morgan fingerprint density at radius 1 is 1.03 bits per heavy atom. The molecule has 0 saturated heterocycles. The molecular weight excluding hydrogens is 509 g/mol. The molecule has 0 unspecified atom stereocenters. The Hall–Kier alpha value is -2.29. The fourth-order valence-electron chi connectivity index (χ4n) is 3.48. The van der Waals surface area contributed by atoms with Crippen LogP contribution < -0.4 is 9.62 Å². The number of carbonyl (C=O) groups is 2. The maximum atomic E-state index is 13.3. The quantitative estimate of drug-likeness (QED) is 0.415. The number of carbonyl (C=O) groups excluding carboxylic acids is 2. The van der Waals surface area contributed by atoms with Crippen LogP contribution in [-0.2, 0) is 26.2 Å². The van der Waals surface area contributed by atoms with Crippen LogP contribution in [0.3, 0.4) is 0 Å². The van der Waals surface area contributed by atoms with E-state index in [0.717, 1.165) is 18.2 Å². The molecule has 0 aliphatic heterocycles. The minimum absolute atomic E-state index is 0.0268. The number of hydrogen-bond donors (Lipinski definition) is 1. The molecule has 0 aromatic heterocycles. The van der Waals surface area contributed by atoms with E-state index in [1.54, 1.807) is 55.5 Å². The molecule has 2 rings (SSSR count). The number of nitrogens with one attached hydrogen (secondary N) is 1. The van der Waals surface area contributed by atoms with Gasteiger partial charge in [0.1, 0.15) is 6.04 Å². The molecule has 2 aromatic rings. The lowest BCUT2D eigenvalue weighted by Crippen LogP contribution is -2.49. The molecule has 192 valence electrons. The van der Waals surface area contributed by atoms with Gasteiger partial charge in [-0.1, -0.05) is 54.4 Å². The van der Waals surface area contributed by atoms with E-state index >= 15 is 0 Å². The van der Waals surface area contributed by atoms with Gasteiger partial charge in [-0.15, -0.1) is 0 Å². The Morgan fingerprint density at radius 3 is 2.26 bits per heavy atom. The van der Waals surface area contributed by atoms with E-state index in [2.05, 4.69) is 5.32 Å². The molecule has 0 spiro atoms.